The van der Waals surface area contributed by atoms with Gasteiger partial charge in [-0.25, -0.2) is 18.6 Å². The molecule has 0 fully saturated rings. The average molecular weight is 339 g/mol. The van der Waals surface area contributed by atoms with Crippen molar-refractivity contribution in [1.29, 1.82) is 0 Å². The van der Waals surface area contributed by atoms with Crippen LogP contribution in [-0.2, 0) is 6.54 Å². The molecular formula is C16H19F2N3OS. The van der Waals surface area contributed by atoms with E-state index in [0.29, 0.717) is 0 Å². The Morgan fingerprint density at radius 1 is 1.35 bits per heavy atom. The second-order valence-corrected chi connectivity index (χ2v) is 6.50. The van der Waals surface area contributed by atoms with Crippen LogP contribution in [-0.4, -0.2) is 28.9 Å². The quantitative estimate of drug-likeness (QED) is 0.865. The van der Waals surface area contributed by atoms with Crippen molar-refractivity contribution in [3.8, 4) is 0 Å². The maximum Gasteiger partial charge on any atom is 0.318 e. The van der Waals surface area contributed by atoms with Gasteiger partial charge in [0.2, 0.25) is 0 Å². The Labute approximate surface area is 138 Å². The molecule has 0 aliphatic heterocycles. The number of carbonyl (C=O) groups excluding carboxylic acids is 1. The molecule has 1 aromatic carbocycles. The van der Waals surface area contributed by atoms with Crippen molar-refractivity contribution >= 4 is 17.4 Å². The molecule has 0 saturated heterocycles. The molecule has 4 nitrogen and oxygen atoms in total. The minimum absolute atomic E-state index is 0.140. The molecule has 1 heterocycles. The summed E-state index contributed by atoms with van der Waals surface area (Å²) in [7, 11) is 0. The maximum atomic E-state index is 12.8. The zero-order valence-electron chi connectivity index (χ0n) is 13.0. The highest BCUT2D eigenvalue weighted by molar-refractivity contribution is 7.11. The van der Waals surface area contributed by atoms with Crippen molar-refractivity contribution in [2.45, 2.75) is 32.9 Å². The van der Waals surface area contributed by atoms with Gasteiger partial charge >= 0.3 is 6.03 Å². The van der Waals surface area contributed by atoms with E-state index in [2.05, 4.69) is 10.3 Å². The van der Waals surface area contributed by atoms with E-state index in [-0.39, 0.29) is 12.6 Å². The summed E-state index contributed by atoms with van der Waals surface area (Å²) in [5.74, 6) is 0. The van der Waals surface area contributed by atoms with Crippen molar-refractivity contribution in [3.63, 3.8) is 0 Å². The van der Waals surface area contributed by atoms with Crippen molar-refractivity contribution in [2.24, 2.45) is 0 Å². The van der Waals surface area contributed by atoms with Crippen LogP contribution >= 0.6 is 11.3 Å². The first-order valence-corrected chi connectivity index (χ1v) is 8.07. The van der Waals surface area contributed by atoms with Gasteiger partial charge < -0.3 is 10.2 Å². The molecule has 1 atom stereocenters. The summed E-state index contributed by atoms with van der Waals surface area (Å²) in [4.78, 5) is 18.7. The number of thiazole rings is 1. The lowest BCUT2D eigenvalue weighted by Gasteiger charge is -2.24. The molecule has 1 aromatic heterocycles. The summed E-state index contributed by atoms with van der Waals surface area (Å²) in [5, 5.41) is 3.49. The molecule has 0 aliphatic carbocycles. The first-order chi connectivity index (χ1) is 11.0. The molecule has 0 bridgehead atoms. The number of aromatic nitrogens is 1. The van der Waals surface area contributed by atoms with Crippen molar-refractivity contribution in [1.82, 2.24) is 15.2 Å². The zero-order valence-corrected chi connectivity index (χ0v) is 13.8. The number of hydrogen-bond donors (Lipinski definition) is 1. The van der Waals surface area contributed by atoms with Gasteiger partial charge in [0.05, 0.1) is 12.6 Å². The number of benzene rings is 1. The largest absolute Gasteiger partial charge is 0.329 e. The fourth-order valence-electron chi connectivity index (χ4n) is 2.10. The van der Waals surface area contributed by atoms with Crippen LogP contribution in [0.25, 0.3) is 0 Å². The molecular weight excluding hydrogens is 320 g/mol. The van der Waals surface area contributed by atoms with Crippen LogP contribution in [0.1, 0.15) is 28.4 Å². The number of hydrogen-bond acceptors (Lipinski definition) is 3. The monoisotopic (exact) mass is 339 g/mol. The molecule has 124 valence electrons. The summed E-state index contributed by atoms with van der Waals surface area (Å²) in [5.41, 5.74) is 0.807. The highest BCUT2D eigenvalue weighted by Crippen LogP contribution is 2.19. The van der Waals surface area contributed by atoms with Crippen LogP contribution in [0, 0.1) is 6.92 Å². The molecule has 0 spiro atoms. The van der Waals surface area contributed by atoms with Crippen LogP contribution in [0.3, 0.4) is 0 Å². The molecule has 1 N–H and O–H groups in total. The highest BCUT2D eigenvalue weighted by atomic mass is 32.1. The summed E-state index contributed by atoms with van der Waals surface area (Å²) >= 11 is 1.47. The van der Waals surface area contributed by atoms with Crippen LogP contribution in [0.2, 0.25) is 0 Å². The van der Waals surface area contributed by atoms with Gasteiger partial charge in [-0.05, 0) is 19.4 Å². The first-order valence-electron chi connectivity index (χ1n) is 7.25. The molecule has 0 unspecified atom stereocenters. The number of nitrogens with one attached hydrogen (secondary N) is 1. The summed E-state index contributed by atoms with van der Waals surface area (Å²) in [6, 6.07) is 8.24. The summed E-state index contributed by atoms with van der Waals surface area (Å²) in [6.07, 6.45) is -0.856. The average Bonchev–Trinajstić information content (AvgIpc) is 2.94. The molecule has 2 rings (SSSR count). The van der Waals surface area contributed by atoms with Crippen LogP contribution in [0.5, 0.6) is 0 Å². The number of aryl methyl sites for hydroxylation is 1. The van der Waals surface area contributed by atoms with Gasteiger partial charge in [-0.2, -0.15) is 0 Å². The third kappa shape index (κ3) is 5.28. The van der Waals surface area contributed by atoms with E-state index in [4.69, 9.17) is 0 Å². The number of nitrogens with zero attached hydrogens (tertiary/aromatic N) is 2. The third-order valence-electron chi connectivity index (χ3n) is 3.21. The van der Waals surface area contributed by atoms with E-state index >= 15 is 0 Å². The lowest BCUT2D eigenvalue weighted by Crippen LogP contribution is -2.42. The van der Waals surface area contributed by atoms with Crippen LogP contribution < -0.4 is 5.32 Å². The van der Waals surface area contributed by atoms with Crippen LogP contribution in [0.15, 0.2) is 36.5 Å². The van der Waals surface area contributed by atoms with E-state index in [9.17, 15) is 13.6 Å². The van der Waals surface area contributed by atoms with Gasteiger partial charge in [0.1, 0.15) is 5.01 Å². The van der Waals surface area contributed by atoms with Crippen molar-refractivity contribution < 1.29 is 13.6 Å². The minimum atomic E-state index is -2.58. The second-order valence-electron chi connectivity index (χ2n) is 5.24. The lowest BCUT2D eigenvalue weighted by molar-refractivity contribution is 0.0949. The molecule has 0 aliphatic rings. The fourth-order valence-corrected chi connectivity index (χ4v) is 2.88. The fraction of sp³-hybridized carbons (Fsp3) is 0.375. The summed E-state index contributed by atoms with van der Waals surface area (Å²) in [6.45, 7) is 3.25. The Hall–Kier alpha value is -2.02. The van der Waals surface area contributed by atoms with E-state index in [1.54, 1.807) is 25.3 Å². The van der Waals surface area contributed by atoms with Gasteiger partial charge in [0, 0.05) is 17.6 Å². The molecule has 0 radical (unpaired) electrons. The minimum Gasteiger partial charge on any atom is -0.329 e. The second kappa shape index (κ2) is 8.01. The van der Waals surface area contributed by atoms with E-state index in [1.165, 1.54) is 11.3 Å². The summed E-state index contributed by atoms with van der Waals surface area (Å²) < 4.78 is 25.6. The molecule has 7 heteroatoms. The molecule has 0 saturated carbocycles. The number of halogens is 2. The van der Waals surface area contributed by atoms with Crippen molar-refractivity contribution in [2.75, 3.05) is 6.54 Å². The zero-order chi connectivity index (χ0) is 16.8. The molecule has 2 amide bonds. The standard InChI is InChI=1S/C16H19F2N3OS/c1-11-8-19-15(23-11)12(2)20-16(22)21(10-14(17)18)9-13-6-4-3-5-7-13/h3-8,12,14H,9-10H2,1-2H3,(H,20,22)/t12-/m1/s1. The number of amides is 2. The number of alkyl halides is 2. The highest BCUT2D eigenvalue weighted by Gasteiger charge is 2.21. The Morgan fingerprint density at radius 2 is 2.04 bits per heavy atom. The maximum absolute atomic E-state index is 12.8. The van der Waals surface area contributed by atoms with Gasteiger partial charge in [-0.1, -0.05) is 30.3 Å². The van der Waals surface area contributed by atoms with Gasteiger partial charge in [0.25, 0.3) is 6.43 Å². The molecule has 2 aromatic rings. The third-order valence-corrected chi connectivity index (χ3v) is 4.31. The predicted octanol–water partition coefficient (Wildman–Crippen LogP) is 3.99. The Bertz CT molecular complexity index is 633. The normalized spacial score (nSPS) is 12.2. The van der Waals surface area contributed by atoms with Gasteiger partial charge in [-0.3, -0.25) is 0 Å². The Morgan fingerprint density at radius 3 is 2.61 bits per heavy atom. The van der Waals surface area contributed by atoms with Gasteiger partial charge in [-0.15, -0.1) is 11.3 Å². The molecule has 23 heavy (non-hydrogen) atoms. The van der Waals surface area contributed by atoms with E-state index < -0.39 is 19.0 Å². The first kappa shape index (κ1) is 17.3. The number of carbonyl (C=O) groups is 1. The smallest absolute Gasteiger partial charge is 0.318 e. The topological polar surface area (TPSA) is 45.2 Å². The number of urea groups is 1. The number of rotatable bonds is 6. The predicted molar refractivity (Wildman–Crippen MR) is 86.7 cm³/mol. The van der Waals surface area contributed by atoms with E-state index in [1.807, 2.05) is 25.1 Å². The Kier molecular flexibility index (Phi) is 6.04. The van der Waals surface area contributed by atoms with Crippen molar-refractivity contribution in [3.05, 3.63) is 52.0 Å². The Balaban J connectivity index is 2.04. The van der Waals surface area contributed by atoms with Crippen LogP contribution in [0.4, 0.5) is 13.6 Å². The lowest BCUT2D eigenvalue weighted by atomic mass is 10.2. The van der Waals surface area contributed by atoms with Gasteiger partial charge in [0.15, 0.2) is 0 Å². The van der Waals surface area contributed by atoms with E-state index in [0.717, 1.165) is 20.3 Å². The SMILES string of the molecule is Cc1cnc([C@@H](C)NC(=O)N(Cc2ccccc2)CC(F)F)s1.